The lowest BCUT2D eigenvalue weighted by atomic mass is 9.93. The lowest BCUT2D eigenvalue weighted by Gasteiger charge is -2.15. The van der Waals surface area contributed by atoms with Crippen molar-refractivity contribution in [2.24, 2.45) is 4.99 Å². The molecule has 0 aromatic heterocycles. The molecule has 2 aromatic carbocycles. The molecule has 2 heteroatoms. The number of anilines is 1. The van der Waals surface area contributed by atoms with Crippen LogP contribution in [-0.4, -0.2) is 6.21 Å². The van der Waals surface area contributed by atoms with Crippen LogP contribution >= 0.6 is 0 Å². The molecule has 2 aromatic rings. The predicted molar refractivity (Wildman–Crippen MR) is 108 cm³/mol. The van der Waals surface area contributed by atoms with Crippen LogP contribution in [0.1, 0.15) is 63.6 Å². The predicted octanol–water partition coefficient (Wildman–Crippen LogP) is 6.30. The number of fused-ring (bicyclic) bond motifs is 1. The van der Waals surface area contributed by atoms with Gasteiger partial charge in [0.15, 0.2) is 0 Å². The number of nitrogens with zero attached hydrogens (tertiary/aromatic N) is 1. The van der Waals surface area contributed by atoms with Crippen molar-refractivity contribution >= 4 is 17.6 Å². The summed E-state index contributed by atoms with van der Waals surface area (Å²) in [4.78, 5) is 4.49. The SMILES string of the molecule is CC.CC=Nc1ccc(-c2ccc3c(c2N)CCC3)cc1C(C)C. The van der Waals surface area contributed by atoms with Crippen LogP contribution in [0, 0.1) is 0 Å². The molecular formula is C22H30N2. The van der Waals surface area contributed by atoms with Gasteiger partial charge in [-0.2, -0.15) is 0 Å². The van der Waals surface area contributed by atoms with E-state index >= 15 is 0 Å². The number of nitrogens with two attached hydrogens (primary N) is 1. The Morgan fingerprint density at radius 2 is 1.83 bits per heavy atom. The van der Waals surface area contributed by atoms with E-state index in [-0.39, 0.29) is 0 Å². The molecule has 0 fully saturated rings. The van der Waals surface area contributed by atoms with Crippen LogP contribution in [0.4, 0.5) is 11.4 Å². The van der Waals surface area contributed by atoms with E-state index in [1.807, 2.05) is 27.0 Å². The third-order valence-corrected chi connectivity index (χ3v) is 4.56. The largest absolute Gasteiger partial charge is 0.398 e. The number of rotatable bonds is 3. The molecule has 1 aliphatic rings. The summed E-state index contributed by atoms with van der Waals surface area (Å²) in [5, 5.41) is 0. The molecule has 0 atom stereocenters. The van der Waals surface area contributed by atoms with Gasteiger partial charge in [0.2, 0.25) is 0 Å². The molecule has 0 unspecified atom stereocenters. The molecule has 0 radical (unpaired) electrons. The van der Waals surface area contributed by atoms with Gasteiger partial charge >= 0.3 is 0 Å². The van der Waals surface area contributed by atoms with Gasteiger partial charge in [0.1, 0.15) is 0 Å². The van der Waals surface area contributed by atoms with Gasteiger partial charge in [0, 0.05) is 17.5 Å². The second kappa shape index (κ2) is 8.14. The standard InChI is InChI=1S/C20H24N2.C2H6/c1-4-22-19-11-9-15(12-18(19)13(2)3)17-10-8-14-6-5-7-16(14)20(17)21;1-2/h4,8-13H,5-7,21H2,1-3H3;1-2H3. The summed E-state index contributed by atoms with van der Waals surface area (Å²) in [6, 6.07) is 10.9. The maximum atomic E-state index is 6.46. The van der Waals surface area contributed by atoms with Crippen LogP contribution in [0.15, 0.2) is 35.3 Å². The minimum atomic E-state index is 0.439. The van der Waals surface area contributed by atoms with Crippen molar-refractivity contribution in [1.29, 1.82) is 0 Å². The fourth-order valence-electron chi connectivity index (χ4n) is 3.39. The molecule has 1 aliphatic carbocycles. The molecule has 0 bridgehead atoms. The second-order valence-corrected chi connectivity index (χ2v) is 6.33. The first-order valence-electron chi connectivity index (χ1n) is 9.15. The van der Waals surface area contributed by atoms with Crippen molar-refractivity contribution in [2.75, 3.05) is 5.73 Å². The normalized spacial score (nSPS) is 13.1. The van der Waals surface area contributed by atoms with Gasteiger partial charge < -0.3 is 5.73 Å². The van der Waals surface area contributed by atoms with E-state index in [0.717, 1.165) is 23.4 Å². The van der Waals surface area contributed by atoms with Gasteiger partial charge in [0.05, 0.1) is 5.69 Å². The van der Waals surface area contributed by atoms with E-state index in [1.54, 1.807) is 0 Å². The molecule has 0 amide bonds. The lowest BCUT2D eigenvalue weighted by Crippen LogP contribution is -1.98. The molecule has 2 nitrogen and oxygen atoms in total. The maximum absolute atomic E-state index is 6.46. The summed E-state index contributed by atoms with van der Waals surface area (Å²) in [6.07, 6.45) is 5.36. The van der Waals surface area contributed by atoms with Crippen LogP contribution in [-0.2, 0) is 12.8 Å². The summed E-state index contributed by atoms with van der Waals surface area (Å²) in [7, 11) is 0. The summed E-state index contributed by atoms with van der Waals surface area (Å²) >= 11 is 0. The van der Waals surface area contributed by atoms with Crippen molar-refractivity contribution in [1.82, 2.24) is 0 Å². The third-order valence-electron chi connectivity index (χ3n) is 4.56. The summed E-state index contributed by atoms with van der Waals surface area (Å²) < 4.78 is 0. The average molecular weight is 322 g/mol. The number of hydrogen-bond acceptors (Lipinski definition) is 2. The van der Waals surface area contributed by atoms with Crippen LogP contribution < -0.4 is 5.73 Å². The van der Waals surface area contributed by atoms with Crippen molar-refractivity contribution in [3.05, 3.63) is 47.0 Å². The van der Waals surface area contributed by atoms with Gasteiger partial charge in [-0.05, 0) is 66.5 Å². The monoisotopic (exact) mass is 322 g/mol. The molecule has 128 valence electrons. The number of benzene rings is 2. The van der Waals surface area contributed by atoms with E-state index in [0.29, 0.717) is 5.92 Å². The number of aryl methyl sites for hydroxylation is 1. The van der Waals surface area contributed by atoms with Crippen molar-refractivity contribution < 1.29 is 0 Å². The number of hydrogen-bond donors (Lipinski definition) is 1. The molecule has 0 heterocycles. The van der Waals surface area contributed by atoms with E-state index in [9.17, 15) is 0 Å². The van der Waals surface area contributed by atoms with Crippen molar-refractivity contribution in [3.63, 3.8) is 0 Å². The highest BCUT2D eigenvalue weighted by atomic mass is 14.7. The van der Waals surface area contributed by atoms with Crippen LogP contribution in [0.25, 0.3) is 11.1 Å². The van der Waals surface area contributed by atoms with Crippen LogP contribution in [0.5, 0.6) is 0 Å². The Labute approximate surface area is 146 Å². The Balaban J connectivity index is 0.00000100. The second-order valence-electron chi connectivity index (χ2n) is 6.33. The first kappa shape index (κ1) is 18.3. The Morgan fingerprint density at radius 3 is 2.50 bits per heavy atom. The minimum Gasteiger partial charge on any atom is -0.398 e. The minimum absolute atomic E-state index is 0.439. The van der Waals surface area contributed by atoms with E-state index in [4.69, 9.17) is 5.73 Å². The van der Waals surface area contributed by atoms with Gasteiger partial charge in [-0.15, -0.1) is 0 Å². The Morgan fingerprint density at radius 1 is 1.08 bits per heavy atom. The lowest BCUT2D eigenvalue weighted by molar-refractivity contribution is 0.867. The molecule has 3 rings (SSSR count). The third kappa shape index (κ3) is 3.53. The van der Waals surface area contributed by atoms with Crippen LogP contribution in [0.2, 0.25) is 0 Å². The molecular weight excluding hydrogens is 292 g/mol. The molecule has 2 N–H and O–H groups in total. The Kier molecular flexibility index (Phi) is 6.19. The topological polar surface area (TPSA) is 38.4 Å². The summed E-state index contributed by atoms with van der Waals surface area (Å²) in [5.41, 5.74) is 14.9. The summed E-state index contributed by atoms with van der Waals surface area (Å²) in [5.74, 6) is 0.439. The molecule has 0 saturated heterocycles. The quantitative estimate of drug-likeness (QED) is 0.523. The zero-order chi connectivity index (χ0) is 17.7. The molecule has 0 saturated carbocycles. The highest BCUT2D eigenvalue weighted by Gasteiger charge is 2.17. The number of aliphatic imine (C=N–C) groups is 1. The first-order chi connectivity index (χ1) is 11.6. The average Bonchev–Trinajstić information content (AvgIpc) is 3.07. The van der Waals surface area contributed by atoms with E-state index in [2.05, 4.69) is 49.2 Å². The van der Waals surface area contributed by atoms with Gasteiger partial charge in [-0.3, -0.25) is 4.99 Å². The fourth-order valence-corrected chi connectivity index (χ4v) is 3.39. The summed E-state index contributed by atoms with van der Waals surface area (Å²) in [6.45, 7) is 10.4. The molecule has 0 spiro atoms. The first-order valence-corrected chi connectivity index (χ1v) is 9.15. The smallest absolute Gasteiger partial charge is 0.0660 e. The highest BCUT2D eigenvalue weighted by Crippen LogP contribution is 2.38. The van der Waals surface area contributed by atoms with Crippen molar-refractivity contribution in [3.8, 4) is 11.1 Å². The zero-order valence-electron chi connectivity index (χ0n) is 15.7. The van der Waals surface area contributed by atoms with Crippen LogP contribution in [0.3, 0.4) is 0 Å². The highest BCUT2D eigenvalue weighted by molar-refractivity contribution is 5.81. The van der Waals surface area contributed by atoms with E-state index in [1.165, 1.54) is 35.1 Å². The zero-order valence-corrected chi connectivity index (χ0v) is 15.7. The fraction of sp³-hybridized carbons (Fsp3) is 0.409. The maximum Gasteiger partial charge on any atom is 0.0660 e. The Bertz CT molecular complexity index is 727. The molecule has 24 heavy (non-hydrogen) atoms. The van der Waals surface area contributed by atoms with E-state index < -0.39 is 0 Å². The number of nitrogen functional groups attached to an aromatic ring is 1. The van der Waals surface area contributed by atoms with Crippen molar-refractivity contribution in [2.45, 2.75) is 59.8 Å². The van der Waals surface area contributed by atoms with Gasteiger partial charge in [-0.25, -0.2) is 0 Å². The Hall–Kier alpha value is -2.09. The van der Waals surface area contributed by atoms with Gasteiger partial charge in [-0.1, -0.05) is 45.9 Å². The van der Waals surface area contributed by atoms with Gasteiger partial charge in [0.25, 0.3) is 0 Å². The molecule has 0 aliphatic heterocycles.